The number of nitrogens with one attached hydrogen (secondary N) is 1. The van der Waals surface area contributed by atoms with Gasteiger partial charge in [-0.2, -0.15) is 0 Å². The summed E-state index contributed by atoms with van der Waals surface area (Å²) in [5, 5.41) is 12.4. The predicted molar refractivity (Wildman–Crippen MR) is 77.8 cm³/mol. The van der Waals surface area contributed by atoms with Gasteiger partial charge in [-0.15, -0.1) is 0 Å². The Morgan fingerprint density at radius 3 is 2.75 bits per heavy atom. The Hall–Kier alpha value is -1.62. The Bertz CT molecular complexity index is 435. The highest BCUT2D eigenvalue weighted by atomic mass is 16.5. The Kier molecular flexibility index (Phi) is 6.45. The van der Waals surface area contributed by atoms with E-state index in [9.17, 15) is 9.90 Å². The fraction of sp³-hybridized carbons (Fsp3) is 0.600. The van der Waals surface area contributed by atoms with E-state index >= 15 is 0 Å². The summed E-state index contributed by atoms with van der Waals surface area (Å²) in [6.07, 6.45) is 1.93. The molecule has 1 aromatic rings. The van der Waals surface area contributed by atoms with Crippen molar-refractivity contribution in [2.75, 3.05) is 6.54 Å². The number of pyridine rings is 1. The van der Waals surface area contributed by atoms with E-state index in [2.05, 4.69) is 10.3 Å². The van der Waals surface area contributed by atoms with Crippen molar-refractivity contribution in [2.45, 2.75) is 46.3 Å². The molecule has 2 unspecified atom stereocenters. The molecule has 0 aliphatic rings. The molecule has 0 saturated heterocycles. The molecule has 5 nitrogen and oxygen atoms in total. The summed E-state index contributed by atoms with van der Waals surface area (Å²) in [6, 6.07) is 3.24. The lowest BCUT2D eigenvalue weighted by Gasteiger charge is -2.15. The smallest absolute Gasteiger partial charge is 0.251 e. The first-order valence-corrected chi connectivity index (χ1v) is 7.03. The minimum Gasteiger partial charge on any atom is -0.475 e. The van der Waals surface area contributed by atoms with Crippen LogP contribution in [0.3, 0.4) is 0 Å². The molecule has 0 aliphatic carbocycles. The lowest BCUT2D eigenvalue weighted by molar-refractivity contribution is 0.0870. The third-order valence-electron chi connectivity index (χ3n) is 3.14. The molecule has 1 heterocycles. The van der Waals surface area contributed by atoms with Crippen molar-refractivity contribution >= 4 is 5.91 Å². The Balaban J connectivity index is 2.62. The van der Waals surface area contributed by atoms with Gasteiger partial charge in [0.2, 0.25) is 5.88 Å². The van der Waals surface area contributed by atoms with Crippen LogP contribution in [0.2, 0.25) is 0 Å². The highest BCUT2D eigenvalue weighted by Gasteiger charge is 2.13. The molecule has 0 aliphatic heterocycles. The third kappa shape index (κ3) is 5.17. The maximum atomic E-state index is 12.0. The van der Waals surface area contributed by atoms with Crippen LogP contribution >= 0.6 is 0 Å². The summed E-state index contributed by atoms with van der Waals surface area (Å²) >= 11 is 0. The molecule has 5 heteroatoms. The Morgan fingerprint density at radius 2 is 2.15 bits per heavy atom. The molecule has 20 heavy (non-hydrogen) atoms. The topological polar surface area (TPSA) is 71.5 Å². The minimum absolute atomic E-state index is 0.0589. The molecule has 2 N–H and O–H groups in total. The van der Waals surface area contributed by atoms with Crippen LogP contribution in [0, 0.1) is 5.92 Å². The van der Waals surface area contributed by atoms with Gasteiger partial charge in [-0.3, -0.25) is 4.79 Å². The number of amides is 1. The van der Waals surface area contributed by atoms with E-state index in [-0.39, 0.29) is 24.5 Å². The number of ether oxygens (including phenoxy) is 1. The van der Waals surface area contributed by atoms with Crippen LogP contribution < -0.4 is 10.1 Å². The number of rotatable bonds is 7. The zero-order valence-electron chi connectivity index (χ0n) is 12.6. The second-order valence-electron chi connectivity index (χ2n) is 5.24. The van der Waals surface area contributed by atoms with Crippen molar-refractivity contribution in [3.05, 3.63) is 23.9 Å². The highest BCUT2D eigenvalue weighted by Crippen LogP contribution is 2.12. The SMILES string of the molecule is CCC(C)Oc1cc(C(=O)NCC(O)C(C)C)ccn1. The fourth-order valence-electron chi connectivity index (χ4n) is 1.44. The molecule has 1 rings (SSSR count). The van der Waals surface area contributed by atoms with Crippen molar-refractivity contribution in [3.63, 3.8) is 0 Å². The van der Waals surface area contributed by atoms with E-state index in [1.807, 2.05) is 27.7 Å². The van der Waals surface area contributed by atoms with Gasteiger partial charge in [0.1, 0.15) is 0 Å². The summed E-state index contributed by atoms with van der Waals surface area (Å²) in [6.45, 7) is 8.02. The van der Waals surface area contributed by atoms with Crippen LogP contribution in [0.15, 0.2) is 18.3 Å². The molecule has 0 saturated carbocycles. The number of aromatic nitrogens is 1. The van der Waals surface area contributed by atoms with Gasteiger partial charge in [0.25, 0.3) is 5.91 Å². The number of carbonyl (C=O) groups is 1. The summed E-state index contributed by atoms with van der Waals surface area (Å²) in [5.74, 6) is 0.314. The van der Waals surface area contributed by atoms with E-state index < -0.39 is 6.10 Å². The van der Waals surface area contributed by atoms with Crippen LogP contribution in [-0.2, 0) is 0 Å². The Labute approximate surface area is 120 Å². The van der Waals surface area contributed by atoms with Crippen molar-refractivity contribution < 1.29 is 14.6 Å². The average molecular weight is 280 g/mol. The zero-order valence-corrected chi connectivity index (χ0v) is 12.6. The van der Waals surface area contributed by atoms with E-state index in [4.69, 9.17) is 4.74 Å². The third-order valence-corrected chi connectivity index (χ3v) is 3.14. The molecule has 0 bridgehead atoms. The monoisotopic (exact) mass is 280 g/mol. The predicted octanol–water partition coefficient (Wildman–Crippen LogP) is 2.01. The van der Waals surface area contributed by atoms with Crippen molar-refractivity contribution in [3.8, 4) is 5.88 Å². The maximum absolute atomic E-state index is 12.0. The largest absolute Gasteiger partial charge is 0.475 e. The van der Waals surface area contributed by atoms with Crippen molar-refractivity contribution in [1.82, 2.24) is 10.3 Å². The lowest BCUT2D eigenvalue weighted by Crippen LogP contribution is -2.34. The van der Waals surface area contributed by atoms with Crippen LogP contribution in [-0.4, -0.2) is 34.8 Å². The van der Waals surface area contributed by atoms with Gasteiger partial charge in [-0.25, -0.2) is 4.98 Å². The molecule has 0 aromatic carbocycles. The lowest BCUT2D eigenvalue weighted by atomic mass is 10.1. The second kappa shape index (κ2) is 7.85. The van der Waals surface area contributed by atoms with Gasteiger partial charge in [0, 0.05) is 24.4 Å². The molecule has 0 fully saturated rings. The molecule has 0 radical (unpaired) electrons. The first-order valence-electron chi connectivity index (χ1n) is 7.03. The second-order valence-corrected chi connectivity index (χ2v) is 5.24. The standard InChI is InChI=1S/C15H24N2O3/c1-5-11(4)20-14-8-12(6-7-16-14)15(19)17-9-13(18)10(2)3/h6-8,10-11,13,18H,5,9H2,1-4H3,(H,17,19). The van der Waals surface area contributed by atoms with E-state index in [1.165, 1.54) is 0 Å². The molecule has 1 aromatic heterocycles. The first-order chi connectivity index (χ1) is 9.43. The quantitative estimate of drug-likeness (QED) is 0.801. The van der Waals surface area contributed by atoms with Gasteiger partial charge in [-0.1, -0.05) is 20.8 Å². The number of carbonyl (C=O) groups excluding carboxylic acids is 1. The average Bonchev–Trinajstić information content (AvgIpc) is 2.44. The van der Waals surface area contributed by atoms with Crippen LogP contribution in [0.4, 0.5) is 0 Å². The van der Waals surface area contributed by atoms with E-state index in [1.54, 1.807) is 18.3 Å². The van der Waals surface area contributed by atoms with Gasteiger partial charge < -0.3 is 15.2 Å². The zero-order chi connectivity index (χ0) is 15.1. The maximum Gasteiger partial charge on any atom is 0.251 e. The minimum atomic E-state index is -0.545. The van der Waals surface area contributed by atoms with Crippen LogP contribution in [0.25, 0.3) is 0 Å². The van der Waals surface area contributed by atoms with Crippen LogP contribution in [0.1, 0.15) is 44.5 Å². The van der Waals surface area contributed by atoms with E-state index in [0.717, 1.165) is 6.42 Å². The number of hydrogen-bond acceptors (Lipinski definition) is 4. The molecular formula is C15H24N2O3. The molecule has 1 amide bonds. The number of aliphatic hydroxyl groups excluding tert-OH is 1. The summed E-state index contributed by atoms with van der Waals surface area (Å²) in [4.78, 5) is 16.1. The van der Waals surface area contributed by atoms with Gasteiger partial charge in [-0.05, 0) is 25.3 Å². The summed E-state index contributed by atoms with van der Waals surface area (Å²) < 4.78 is 5.58. The summed E-state index contributed by atoms with van der Waals surface area (Å²) in [7, 11) is 0. The van der Waals surface area contributed by atoms with Gasteiger partial charge in [0.05, 0.1) is 12.2 Å². The molecule has 112 valence electrons. The van der Waals surface area contributed by atoms with Crippen molar-refractivity contribution in [2.24, 2.45) is 5.92 Å². The number of hydrogen-bond donors (Lipinski definition) is 2. The normalized spacial score (nSPS) is 13.9. The number of nitrogens with zero attached hydrogens (tertiary/aromatic N) is 1. The Morgan fingerprint density at radius 1 is 1.45 bits per heavy atom. The first kappa shape index (κ1) is 16.4. The van der Waals surface area contributed by atoms with Gasteiger partial charge in [0.15, 0.2) is 0 Å². The molecule has 2 atom stereocenters. The summed E-state index contributed by atoms with van der Waals surface area (Å²) in [5.41, 5.74) is 0.481. The van der Waals surface area contributed by atoms with Crippen molar-refractivity contribution in [1.29, 1.82) is 0 Å². The number of aliphatic hydroxyl groups is 1. The van der Waals surface area contributed by atoms with Crippen LogP contribution in [0.5, 0.6) is 5.88 Å². The fourth-order valence-corrected chi connectivity index (χ4v) is 1.44. The van der Waals surface area contributed by atoms with Gasteiger partial charge >= 0.3 is 0 Å². The highest BCUT2D eigenvalue weighted by molar-refractivity contribution is 5.94. The molecule has 0 spiro atoms. The van der Waals surface area contributed by atoms with E-state index in [0.29, 0.717) is 11.4 Å². The molecular weight excluding hydrogens is 256 g/mol.